The van der Waals surface area contributed by atoms with Crippen molar-refractivity contribution in [3.8, 4) is 11.8 Å². The highest BCUT2D eigenvalue weighted by Gasteiger charge is 2.34. The summed E-state index contributed by atoms with van der Waals surface area (Å²) in [6, 6.07) is -2.21. The van der Waals surface area contributed by atoms with Gasteiger partial charge in [0.05, 0.1) is 38.3 Å². The number of aromatic nitrogens is 2. The summed E-state index contributed by atoms with van der Waals surface area (Å²) >= 11 is 0. The number of quaternary nitrogens is 1. The van der Waals surface area contributed by atoms with Gasteiger partial charge in [0.15, 0.2) is 5.78 Å². The van der Waals surface area contributed by atoms with Crippen molar-refractivity contribution in [1.82, 2.24) is 31.2 Å². The van der Waals surface area contributed by atoms with Crippen molar-refractivity contribution in [1.29, 1.82) is 0 Å². The molecule has 0 radical (unpaired) electrons. The first-order valence-electron chi connectivity index (χ1n) is 18.5. The van der Waals surface area contributed by atoms with Crippen LogP contribution in [0.1, 0.15) is 98.0 Å². The second-order valence-electron chi connectivity index (χ2n) is 15.7. The van der Waals surface area contributed by atoms with Crippen LogP contribution in [-0.2, 0) is 29.0 Å². The number of urea groups is 1. The lowest BCUT2D eigenvalue weighted by atomic mass is 9.84. The third-order valence-electron chi connectivity index (χ3n) is 9.35. The number of hydrogen-bond donors (Lipinski definition) is 5. The number of likely N-dealkylation sites (tertiary alicyclic amines) is 1. The first kappa shape index (κ1) is 45.1. The molecule has 2 atom stereocenters. The van der Waals surface area contributed by atoms with Crippen LogP contribution in [0.25, 0.3) is 0 Å². The van der Waals surface area contributed by atoms with E-state index in [9.17, 15) is 32.4 Å². The van der Waals surface area contributed by atoms with Crippen LogP contribution in [0.5, 0.6) is 0 Å². The fraction of sp³-hybridized carbons (Fsp3) is 0.703. The minimum atomic E-state index is -3.46. The van der Waals surface area contributed by atoms with Gasteiger partial charge in [0.25, 0.3) is 0 Å². The Balaban J connectivity index is 1.72. The molecule has 1 aliphatic rings. The molecule has 0 unspecified atom stereocenters. The fourth-order valence-electron chi connectivity index (χ4n) is 6.07. The highest BCUT2D eigenvalue weighted by molar-refractivity contribution is 7.90. The molecule has 53 heavy (non-hydrogen) atoms. The maximum absolute atomic E-state index is 13.3. The van der Waals surface area contributed by atoms with E-state index >= 15 is 0 Å². The molecular formula is C37H61N8O7S+. The summed E-state index contributed by atoms with van der Waals surface area (Å²) in [6.07, 6.45) is 8.92. The van der Waals surface area contributed by atoms with Gasteiger partial charge in [-0.15, -0.1) is 0 Å². The van der Waals surface area contributed by atoms with Crippen molar-refractivity contribution in [2.75, 3.05) is 46.0 Å². The maximum atomic E-state index is 13.3. The van der Waals surface area contributed by atoms with Crippen LogP contribution in [0.3, 0.4) is 0 Å². The zero-order valence-corrected chi connectivity index (χ0v) is 33.4. The molecule has 0 aromatic carbocycles. The van der Waals surface area contributed by atoms with Crippen LogP contribution in [0.15, 0.2) is 17.6 Å². The van der Waals surface area contributed by atoms with E-state index in [0.29, 0.717) is 56.6 Å². The second kappa shape index (κ2) is 21.0. The largest absolute Gasteiger partial charge is 0.356 e. The molecule has 1 saturated heterocycles. The molecule has 1 aliphatic heterocycles. The number of nitrogens with two attached hydrogens (primary N) is 1. The zero-order valence-electron chi connectivity index (χ0n) is 32.5. The maximum Gasteiger partial charge on any atom is 0.312 e. The van der Waals surface area contributed by atoms with Gasteiger partial charge < -0.3 is 31.5 Å². The predicted molar refractivity (Wildman–Crippen MR) is 202 cm³/mol. The number of primary amides is 1. The molecule has 15 nitrogen and oxygen atoms in total. The van der Waals surface area contributed by atoms with Crippen LogP contribution in [0, 0.1) is 29.1 Å². The molecule has 5 amide bonds. The first-order chi connectivity index (χ1) is 24.7. The third-order valence-corrected chi connectivity index (χ3v) is 10.2. The smallest absolute Gasteiger partial charge is 0.312 e. The number of nitrogens with one attached hydrogen (secondary N) is 4. The molecule has 0 bridgehead atoms. The summed E-state index contributed by atoms with van der Waals surface area (Å²) in [5, 5.41) is 11.1. The van der Waals surface area contributed by atoms with Crippen LogP contribution >= 0.6 is 0 Å². The predicted octanol–water partition coefficient (Wildman–Crippen LogP) is 1.84. The van der Waals surface area contributed by atoms with Gasteiger partial charge in [0.2, 0.25) is 32.7 Å². The summed E-state index contributed by atoms with van der Waals surface area (Å²) < 4.78 is 23.8. The van der Waals surface area contributed by atoms with E-state index in [-0.39, 0.29) is 41.6 Å². The van der Waals surface area contributed by atoms with E-state index in [1.807, 2.05) is 13.8 Å². The molecular weight excluding hydrogens is 701 g/mol. The van der Waals surface area contributed by atoms with E-state index in [0.717, 1.165) is 43.2 Å². The van der Waals surface area contributed by atoms with Gasteiger partial charge in [-0.25, -0.2) is 23.2 Å². The zero-order chi connectivity index (χ0) is 39.8. The molecule has 0 saturated carbocycles. The monoisotopic (exact) mass is 761 g/mol. The molecule has 1 fully saturated rings. The minimum Gasteiger partial charge on any atom is -0.356 e. The van der Waals surface area contributed by atoms with Gasteiger partial charge in [-0.1, -0.05) is 46.5 Å². The summed E-state index contributed by atoms with van der Waals surface area (Å²) in [6.45, 7) is 12.7. The van der Waals surface area contributed by atoms with Gasteiger partial charge in [-0.2, -0.15) is 0 Å². The molecule has 1 aromatic heterocycles. The number of carbonyl (C=O) groups is 5. The number of nitrogens with zero attached hydrogens (tertiary/aromatic N) is 3. The SMILES string of the molecule is CC(C)[C@H](NC(=O)CCC[N+]1(C)CCC(CNC(=O)CCCC#Cc2cnc(S(C)(=O)=O)nc2)CC1)C(=O)N[C@@H](CCCNC(N)=O)C(=O)C(C)(C)C. The van der Waals surface area contributed by atoms with E-state index in [2.05, 4.69) is 50.1 Å². The number of unbranched alkanes of at least 4 members (excludes halogenated alkanes) is 1. The third kappa shape index (κ3) is 17.1. The number of piperidine rings is 1. The van der Waals surface area contributed by atoms with Crippen LogP contribution in [0.2, 0.25) is 0 Å². The van der Waals surface area contributed by atoms with Crippen LogP contribution < -0.4 is 27.0 Å². The van der Waals surface area contributed by atoms with Crippen molar-refractivity contribution >= 4 is 39.4 Å². The number of rotatable bonds is 19. The Labute approximate surface area is 315 Å². The molecule has 6 N–H and O–H groups in total. The molecule has 0 aliphatic carbocycles. The molecule has 2 rings (SSSR count). The summed E-state index contributed by atoms with van der Waals surface area (Å²) in [5.41, 5.74) is 4.95. The Morgan fingerprint density at radius 2 is 1.58 bits per heavy atom. The number of amides is 5. The van der Waals surface area contributed by atoms with Gasteiger partial charge in [-0.05, 0) is 31.1 Å². The van der Waals surface area contributed by atoms with Crippen molar-refractivity contribution < 1.29 is 36.9 Å². The van der Waals surface area contributed by atoms with Crippen molar-refractivity contribution in [2.45, 2.75) is 110 Å². The highest BCUT2D eigenvalue weighted by Crippen LogP contribution is 2.23. The Hall–Kier alpha value is -4.10. The minimum absolute atomic E-state index is 0.0105. The molecule has 296 valence electrons. The normalized spacial score (nSPS) is 18.5. The second-order valence-corrected chi connectivity index (χ2v) is 17.6. The highest BCUT2D eigenvalue weighted by atomic mass is 32.2. The fourth-order valence-corrected chi connectivity index (χ4v) is 6.55. The number of hydrogen-bond acceptors (Lipinski definition) is 9. The Morgan fingerprint density at radius 3 is 2.15 bits per heavy atom. The molecule has 16 heteroatoms. The Morgan fingerprint density at radius 1 is 0.962 bits per heavy atom. The number of carbonyl (C=O) groups excluding carboxylic acids is 5. The van der Waals surface area contributed by atoms with Crippen molar-refractivity contribution in [2.24, 2.45) is 23.0 Å². The molecule has 1 aromatic rings. The van der Waals surface area contributed by atoms with Crippen molar-refractivity contribution in [3.63, 3.8) is 0 Å². The topological polar surface area (TPSA) is 219 Å². The Kier molecular flexibility index (Phi) is 17.8. The summed E-state index contributed by atoms with van der Waals surface area (Å²) in [5.74, 6) is 5.28. The number of sulfone groups is 1. The van der Waals surface area contributed by atoms with E-state index in [1.54, 1.807) is 20.8 Å². The summed E-state index contributed by atoms with van der Waals surface area (Å²) in [4.78, 5) is 70.5. The molecule has 2 heterocycles. The quantitative estimate of drug-likeness (QED) is 0.0600. The van der Waals surface area contributed by atoms with E-state index < -0.39 is 39.3 Å². The van der Waals surface area contributed by atoms with Gasteiger partial charge in [-0.3, -0.25) is 19.2 Å². The van der Waals surface area contributed by atoms with E-state index in [1.165, 1.54) is 12.4 Å². The number of ketones is 1. The van der Waals surface area contributed by atoms with Crippen molar-refractivity contribution in [3.05, 3.63) is 18.0 Å². The van der Waals surface area contributed by atoms with Crippen LogP contribution in [-0.4, -0.2) is 111 Å². The molecule has 0 spiro atoms. The van der Waals surface area contributed by atoms with Gasteiger partial charge in [0.1, 0.15) is 6.04 Å². The Bertz CT molecular complexity index is 1570. The van der Waals surface area contributed by atoms with E-state index in [4.69, 9.17) is 5.73 Å². The number of Topliss-reactive ketones (excluding diaryl/α,β-unsaturated/α-hetero) is 1. The first-order valence-corrected chi connectivity index (χ1v) is 20.4. The summed E-state index contributed by atoms with van der Waals surface area (Å²) in [7, 11) is -1.27. The lowest BCUT2D eigenvalue weighted by Crippen LogP contribution is -2.55. The van der Waals surface area contributed by atoms with Crippen LogP contribution in [0.4, 0.5) is 4.79 Å². The standard InChI is InChI=1S/C37H60N8O7S/c1-26(2)32(34(49)43-29(33(48)37(3,4)5)14-11-19-39-35(38)50)44-31(47)16-12-20-45(6)21-17-27(18-22-45)23-40-30(46)15-10-8-9-13-28-24-41-36(42-25-28)53(7,51)52/h24-27,29,32H,8,10-12,14-23H2,1-7H3,(H5-,38,39,40,43,44,46,47,49,50)/p+1/t27?,29-,32-,45?/m0/s1. The van der Waals surface area contributed by atoms with Gasteiger partial charge in [0, 0.05) is 75.7 Å². The average Bonchev–Trinajstić information content (AvgIpc) is 3.06. The average molecular weight is 762 g/mol. The lowest BCUT2D eigenvalue weighted by molar-refractivity contribution is -0.915. The van der Waals surface area contributed by atoms with Gasteiger partial charge >= 0.3 is 6.03 Å². The lowest BCUT2D eigenvalue weighted by Gasteiger charge is -2.40.